The number of nitrogens with one attached hydrogen (secondary N) is 2. The highest BCUT2D eigenvalue weighted by atomic mass is 16.1. The number of amides is 1. The highest BCUT2D eigenvalue weighted by Crippen LogP contribution is 2.61. The molecule has 4 saturated carbocycles. The van der Waals surface area contributed by atoms with Crippen molar-refractivity contribution in [1.82, 2.24) is 10.6 Å². The Hall–Kier alpha value is -0.570. The van der Waals surface area contributed by atoms with Gasteiger partial charge < -0.3 is 10.6 Å². The monoisotopic (exact) mass is 320 g/mol. The molecule has 0 aromatic heterocycles. The lowest BCUT2D eigenvalue weighted by atomic mass is 9.49. The van der Waals surface area contributed by atoms with E-state index in [4.69, 9.17) is 0 Å². The number of hydrogen-bond acceptors (Lipinski definition) is 2. The molecule has 0 aliphatic heterocycles. The zero-order chi connectivity index (χ0) is 16.1. The Kier molecular flexibility index (Phi) is 6.01. The summed E-state index contributed by atoms with van der Waals surface area (Å²) in [6.07, 6.45) is 14.6. The molecule has 23 heavy (non-hydrogen) atoms. The van der Waals surface area contributed by atoms with Gasteiger partial charge >= 0.3 is 0 Å². The largest absolute Gasteiger partial charge is 0.356 e. The molecule has 0 atom stereocenters. The van der Waals surface area contributed by atoms with Crippen LogP contribution < -0.4 is 10.6 Å². The molecule has 0 aromatic carbocycles. The SMILES string of the molecule is CCCCCNC(=O)CCNCCC12CC3CC(CC(C3)C1)C2. The Labute approximate surface area is 142 Å². The van der Waals surface area contributed by atoms with Gasteiger partial charge in [-0.15, -0.1) is 0 Å². The molecule has 0 spiro atoms. The van der Waals surface area contributed by atoms with Gasteiger partial charge in [0.05, 0.1) is 0 Å². The summed E-state index contributed by atoms with van der Waals surface area (Å²) in [5.41, 5.74) is 0.671. The van der Waals surface area contributed by atoms with Crippen LogP contribution in [0.15, 0.2) is 0 Å². The smallest absolute Gasteiger partial charge is 0.221 e. The van der Waals surface area contributed by atoms with Gasteiger partial charge in [0, 0.05) is 19.5 Å². The van der Waals surface area contributed by atoms with Crippen LogP contribution in [-0.2, 0) is 4.79 Å². The van der Waals surface area contributed by atoms with E-state index in [-0.39, 0.29) is 5.91 Å². The van der Waals surface area contributed by atoms with Crippen molar-refractivity contribution in [3.8, 4) is 0 Å². The first-order valence-electron chi connectivity index (χ1n) is 10.2. The fourth-order valence-electron chi connectivity index (χ4n) is 5.97. The minimum absolute atomic E-state index is 0.211. The molecule has 0 aromatic rings. The molecule has 0 saturated heterocycles. The van der Waals surface area contributed by atoms with Crippen molar-refractivity contribution in [2.75, 3.05) is 19.6 Å². The summed E-state index contributed by atoms with van der Waals surface area (Å²) >= 11 is 0. The zero-order valence-electron chi connectivity index (χ0n) is 15.0. The molecule has 3 heteroatoms. The average Bonchev–Trinajstić information content (AvgIpc) is 2.50. The molecular formula is C20H36N2O. The molecule has 4 aliphatic rings. The molecule has 0 unspecified atom stereocenters. The van der Waals surface area contributed by atoms with Gasteiger partial charge in [-0.25, -0.2) is 0 Å². The standard InChI is InChI=1S/C20H36N2O/c1-2-3-4-7-22-19(23)5-8-21-9-6-20-13-16-10-17(14-20)12-18(11-16)15-20/h16-18,21H,2-15H2,1H3,(H,22,23). The predicted molar refractivity (Wildman–Crippen MR) is 95.2 cm³/mol. The van der Waals surface area contributed by atoms with Crippen molar-refractivity contribution in [2.24, 2.45) is 23.2 Å². The van der Waals surface area contributed by atoms with Gasteiger partial charge in [0.1, 0.15) is 0 Å². The van der Waals surface area contributed by atoms with E-state index in [2.05, 4.69) is 17.6 Å². The van der Waals surface area contributed by atoms with Gasteiger partial charge in [-0.3, -0.25) is 4.79 Å². The van der Waals surface area contributed by atoms with Crippen molar-refractivity contribution in [2.45, 2.75) is 77.6 Å². The predicted octanol–water partition coefficient (Wildman–Crippen LogP) is 3.88. The summed E-state index contributed by atoms with van der Waals surface area (Å²) in [6.45, 7) is 4.98. The fourth-order valence-corrected chi connectivity index (χ4v) is 5.97. The van der Waals surface area contributed by atoms with Crippen molar-refractivity contribution in [3.05, 3.63) is 0 Å². The van der Waals surface area contributed by atoms with E-state index < -0.39 is 0 Å². The van der Waals surface area contributed by atoms with Crippen LogP contribution in [0.5, 0.6) is 0 Å². The average molecular weight is 321 g/mol. The van der Waals surface area contributed by atoms with Gasteiger partial charge in [0.2, 0.25) is 5.91 Å². The third-order valence-corrected chi connectivity index (χ3v) is 6.63. The van der Waals surface area contributed by atoms with E-state index in [0.29, 0.717) is 11.8 Å². The number of rotatable bonds is 10. The first kappa shape index (κ1) is 17.3. The second kappa shape index (κ2) is 8.00. The third kappa shape index (κ3) is 4.71. The molecule has 4 fully saturated rings. The Morgan fingerprint density at radius 2 is 1.61 bits per heavy atom. The summed E-state index contributed by atoms with van der Waals surface area (Å²) in [5.74, 6) is 3.36. The Morgan fingerprint density at radius 3 is 2.22 bits per heavy atom. The molecule has 3 nitrogen and oxygen atoms in total. The summed E-state index contributed by atoms with van der Waals surface area (Å²) in [5, 5.41) is 6.56. The lowest BCUT2D eigenvalue weighted by molar-refractivity contribution is -0.121. The summed E-state index contributed by atoms with van der Waals surface area (Å²) in [4.78, 5) is 11.7. The minimum Gasteiger partial charge on any atom is -0.356 e. The van der Waals surface area contributed by atoms with Crippen molar-refractivity contribution in [1.29, 1.82) is 0 Å². The van der Waals surface area contributed by atoms with Gasteiger partial charge in [0.25, 0.3) is 0 Å². The van der Waals surface area contributed by atoms with E-state index >= 15 is 0 Å². The van der Waals surface area contributed by atoms with E-state index in [1.807, 2.05) is 0 Å². The highest BCUT2D eigenvalue weighted by molar-refractivity contribution is 5.75. The van der Waals surface area contributed by atoms with Gasteiger partial charge in [-0.1, -0.05) is 19.8 Å². The fraction of sp³-hybridized carbons (Fsp3) is 0.950. The summed E-state index contributed by atoms with van der Waals surface area (Å²) in [7, 11) is 0. The van der Waals surface area contributed by atoms with Crippen LogP contribution in [0.4, 0.5) is 0 Å². The van der Waals surface area contributed by atoms with Crippen molar-refractivity contribution in [3.63, 3.8) is 0 Å². The van der Waals surface area contributed by atoms with E-state index in [0.717, 1.165) is 43.8 Å². The molecular weight excluding hydrogens is 284 g/mol. The minimum atomic E-state index is 0.211. The van der Waals surface area contributed by atoms with Crippen LogP contribution in [0, 0.1) is 23.2 Å². The van der Waals surface area contributed by atoms with Crippen molar-refractivity contribution >= 4 is 5.91 Å². The lowest BCUT2D eigenvalue weighted by Crippen LogP contribution is -2.47. The second-order valence-electron chi connectivity index (χ2n) is 8.72. The molecule has 132 valence electrons. The summed E-state index contributed by atoms with van der Waals surface area (Å²) < 4.78 is 0. The maximum Gasteiger partial charge on any atom is 0.221 e. The number of carbonyl (C=O) groups excluding carboxylic acids is 1. The number of unbranched alkanes of at least 4 members (excludes halogenated alkanes) is 2. The number of hydrogen-bond donors (Lipinski definition) is 2. The van der Waals surface area contributed by atoms with E-state index in [1.54, 1.807) is 0 Å². The second-order valence-corrected chi connectivity index (χ2v) is 8.72. The van der Waals surface area contributed by atoms with Gasteiger partial charge in [0.15, 0.2) is 0 Å². The van der Waals surface area contributed by atoms with Crippen LogP contribution in [-0.4, -0.2) is 25.5 Å². The molecule has 1 amide bonds. The molecule has 2 N–H and O–H groups in total. The first-order chi connectivity index (χ1) is 11.2. The lowest BCUT2D eigenvalue weighted by Gasteiger charge is -2.57. The molecule has 4 aliphatic carbocycles. The van der Waals surface area contributed by atoms with Crippen LogP contribution in [0.3, 0.4) is 0 Å². The van der Waals surface area contributed by atoms with E-state index in [1.165, 1.54) is 57.8 Å². The van der Waals surface area contributed by atoms with Crippen molar-refractivity contribution < 1.29 is 4.79 Å². The van der Waals surface area contributed by atoms with E-state index in [9.17, 15) is 4.79 Å². The Morgan fingerprint density at radius 1 is 0.957 bits per heavy atom. The van der Waals surface area contributed by atoms with Crippen LogP contribution in [0.25, 0.3) is 0 Å². The third-order valence-electron chi connectivity index (χ3n) is 6.63. The summed E-state index contributed by atoms with van der Waals surface area (Å²) in [6, 6.07) is 0. The van der Waals surface area contributed by atoms with Gasteiger partial charge in [-0.2, -0.15) is 0 Å². The maximum atomic E-state index is 11.7. The van der Waals surface area contributed by atoms with Crippen LogP contribution in [0.2, 0.25) is 0 Å². The highest BCUT2D eigenvalue weighted by Gasteiger charge is 2.50. The normalized spacial score (nSPS) is 34.7. The van der Waals surface area contributed by atoms with Crippen LogP contribution >= 0.6 is 0 Å². The Balaban J connectivity index is 1.26. The first-order valence-corrected chi connectivity index (χ1v) is 10.2. The molecule has 4 rings (SSSR count). The quantitative estimate of drug-likeness (QED) is 0.600. The number of carbonyl (C=O) groups is 1. The topological polar surface area (TPSA) is 41.1 Å². The zero-order valence-corrected chi connectivity index (χ0v) is 15.0. The van der Waals surface area contributed by atoms with Crippen LogP contribution in [0.1, 0.15) is 77.6 Å². The molecule has 4 bridgehead atoms. The van der Waals surface area contributed by atoms with Gasteiger partial charge in [-0.05, 0) is 81.1 Å². The molecule has 0 heterocycles. The molecule has 0 radical (unpaired) electrons. The Bertz CT molecular complexity index is 358. The maximum absolute atomic E-state index is 11.7.